The summed E-state index contributed by atoms with van der Waals surface area (Å²) in [5, 5.41) is 0. The van der Waals surface area contributed by atoms with Crippen molar-refractivity contribution in [1.82, 2.24) is 0 Å². The first-order valence-electron chi connectivity index (χ1n) is 2.61. The molecule has 0 spiro atoms. The molecule has 1 nitrogen and oxygen atoms in total. The number of hydrogen-bond donors (Lipinski definition) is 0. The third kappa shape index (κ3) is 6.21. The van der Waals surface area contributed by atoms with Crippen LogP contribution >= 0.6 is 11.6 Å². The van der Waals surface area contributed by atoms with Crippen LogP contribution in [0, 0.1) is 0 Å². The Balaban J connectivity index is 2.83. The summed E-state index contributed by atoms with van der Waals surface area (Å²) >= 11 is 5.40. The smallest absolute Gasteiger partial charge is 0.184 e. The van der Waals surface area contributed by atoms with Gasteiger partial charge in [-0.15, -0.1) is 11.6 Å². The molecule has 48 valence electrons. The van der Waals surface area contributed by atoms with E-state index in [9.17, 15) is 0 Å². The molecule has 0 aromatic heterocycles. The van der Waals surface area contributed by atoms with Crippen LogP contribution in [0.3, 0.4) is 0 Å². The van der Waals surface area contributed by atoms with E-state index in [1.54, 1.807) is 7.11 Å². The van der Waals surface area contributed by atoms with Crippen molar-refractivity contribution in [2.24, 2.45) is 0 Å². The van der Waals surface area contributed by atoms with Crippen LogP contribution in [0.5, 0.6) is 0 Å². The van der Waals surface area contributed by atoms with E-state index in [0.29, 0.717) is 5.88 Å². The Morgan fingerprint density at radius 3 is 3.00 bits per heavy atom. The molecule has 8 heavy (non-hydrogen) atoms. The zero-order chi connectivity index (χ0) is 6.24. The summed E-state index contributed by atoms with van der Waals surface area (Å²) in [5.41, 5.74) is 2.10. The van der Waals surface area contributed by atoms with E-state index in [-0.39, 0.29) is 9.76 Å². The molecule has 0 N–H and O–H groups in total. The first kappa shape index (κ1) is 8.21. The van der Waals surface area contributed by atoms with Crippen LogP contribution in [0.2, 0.25) is 0 Å². The number of rotatable bonds is 4. The molecule has 3 heteroatoms. The summed E-state index contributed by atoms with van der Waals surface area (Å²) in [4.78, 5) is 0. The SMILES string of the molecule is CO[SiH2]C=CCCCl. The Morgan fingerprint density at radius 1 is 1.75 bits per heavy atom. The maximum atomic E-state index is 5.40. The van der Waals surface area contributed by atoms with Gasteiger partial charge in [0.1, 0.15) is 0 Å². The molecule has 0 saturated carbocycles. The van der Waals surface area contributed by atoms with Crippen molar-refractivity contribution in [2.45, 2.75) is 6.42 Å². The van der Waals surface area contributed by atoms with Crippen molar-refractivity contribution in [3.05, 3.63) is 11.8 Å². The fourth-order valence-corrected chi connectivity index (χ4v) is 1.04. The van der Waals surface area contributed by atoms with Crippen molar-refractivity contribution >= 4 is 21.4 Å². The maximum absolute atomic E-state index is 5.40. The van der Waals surface area contributed by atoms with E-state index in [0.717, 1.165) is 6.42 Å². The lowest BCUT2D eigenvalue weighted by atomic mass is 10.5. The summed E-state index contributed by atoms with van der Waals surface area (Å²) in [6.07, 6.45) is 3.04. The molecule has 0 heterocycles. The van der Waals surface area contributed by atoms with Crippen LogP contribution < -0.4 is 0 Å². The van der Waals surface area contributed by atoms with Gasteiger partial charge in [-0.05, 0) is 6.42 Å². The number of allylic oxidation sites excluding steroid dienone is 1. The molecule has 0 radical (unpaired) electrons. The molecule has 0 atom stereocenters. The fourth-order valence-electron chi connectivity index (χ4n) is 0.345. The van der Waals surface area contributed by atoms with Crippen LogP contribution in [0.1, 0.15) is 6.42 Å². The zero-order valence-corrected chi connectivity index (χ0v) is 7.23. The van der Waals surface area contributed by atoms with Crippen molar-refractivity contribution in [3.63, 3.8) is 0 Å². The molecular weight excluding hydrogens is 140 g/mol. The highest BCUT2D eigenvalue weighted by Gasteiger charge is 1.74. The van der Waals surface area contributed by atoms with E-state index in [1.165, 1.54) is 0 Å². The molecule has 0 rings (SSSR count). The molecular formula is C5H11ClOSi. The maximum Gasteiger partial charge on any atom is 0.184 e. The van der Waals surface area contributed by atoms with Gasteiger partial charge in [0.25, 0.3) is 0 Å². The molecule has 0 unspecified atom stereocenters. The van der Waals surface area contributed by atoms with Crippen molar-refractivity contribution < 1.29 is 4.43 Å². The van der Waals surface area contributed by atoms with E-state index in [1.807, 2.05) is 0 Å². The Kier molecular flexibility index (Phi) is 7.39. The van der Waals surface area contributed by atoms with Crippen molar-refractivity contribution in [3.8, 4) is 0 Å². The topological polar surface area (TPSA) is 9.23 Å². The zero-order valence-electron chi connectivity index (χ0n) is 5.06. The van der Waals surface area contributed by atoms with Crippen molar-refractivity contribution in [1.29, 1.82) is 0 Å². The Hall–Kier alpha value is 0.207. The van der Waals surface area contributed by atoms with E-state index >= 15 is 0 Å². The minimum absolute atomic E-state index is 0.338. The lowest BCUT2D eigenvalue weighted by molar-refractivity contribution is 0.449. The monoisotopic (exact) mass is 150 g/mol. The highest BCUT2D eigenvalue weighted by Crippen LogP contribution is 1.84. The Morgan fingerprint density at radius 2 is 2.50 bits per heavy atom. The summed E-state index contributed by atoms with van der Waals surface area (Å²) in [7, 11) is 1.40. The third-order valence-electron chi connectivity index (χ3n) is 0.705. The second-order valence-corrected chi connectivity index (χ2v) is 3.16. The predicted molar refractivity (Wildman–Crippen MR) is 40.0 cm³/mol. The molecule has 0 aromatic carbocycles. The Labute approximate surface area is 57.6 Å². The second kappa shape index (κ2) is 7.21. The standard InChI is InChI=1S/C5H11ClOSi/c1-7-8-5-3-2-4-6/h3,5H,2,4,8H2,1H3. The Bertz CT molecular complexity index is 57.4. The van der Waals surface area contributed by atoms with Crippen LogP contribution in [0.4, 0.5) is 0 Å². The number of halogens is 1. The van der Waals surface area contributed by atoms with E-state index < -0.39 is 0 Å². The van der Waals surface area contributed by atoms with Crippen LogP contribution in [0.25, 0.3) is 0 Å². The van der Waals surface area contributed by atoms with Crippen LogP contribution in [0.15, 0.2) is 11.8 Å². The molecule has 0 amide bonds. The van der Waals surface area contributed by atoms with E-state index in [2.05, 4.69) is 11.8 Å². The largest absolute Gasteiger partial charge is 0.422 e. The van der Waals surface area contributed by atoms with Gasteiger partial charge in [0.2, 0.25) is 0 Å². The third-order valence-corrected chi connectivity index (χ3v) is 1.78. The minimum atomic E-state index is -0.338. The first-order chi connectivity index (χ1) is 3.91. The van der Waals surface area contributed by atoms with Gasteiger partial charge in [-0.25, -0.2) is 0 Å². The number of alkyl halides is 1. The van der Waals surface area contributed by atoms with Crippen LogP contribution in [-0.4, -0.2) is 22.8 Å². The van der Waals surface area contributed by atoms with Gasteiger partial charge in [-0.3, -0.25) is 0 Å². The quantitative estimate of drug-likeness (QED) is 0.427. The summed E-state index contributed by atoms with van der Waals surface area (Å²) in [6, 6.07) is 0. The summed E-state index contributed by atoms with van der Waals surface area (Å²) in [6.45, 7) is 0. The van der Waals surface area contributed by atoms with Crippen LogP contribution in [-0.2, 0) is 4.43 Å². The average molecular weight is 151 g/mol. The minimum Gasteiger partial charge on any atom is -0.422 e. The molecule has 0 aliphatic heterocycles. The normalized spacial score (nSPS) is 12.2. The predicted octanol–water partition coefficient (Wildman–Crippen LogP) is 0.859. The lowest BCUT2D eigenvalue weighted by Gasteiger charge is -1.84. The van der Waals surface area contributed by atoms with Gasteiger partial charge < -0.3 is 4.43 Å². The molecule has 0 aromatic rings. The lowest BCUT2D eigenvalue weighted by Crippen LogP contribution is -1.86. The molecule has 0 fully saturated rings. The average Bonchev–Trinajstić information content (AvgIpc) is 1.81. The fraction of sp³-hybridized carbons (Fsp3) is 0.600. The second-order valence-electron chi connectivity index (χ2n) is 1.40. The van der Waals surface area contributed by atoms with Gasteiger partial charge in [0.05, 0.1) is 0 Å². The molecule has 0 aliphatic rings. The van der Waals surface area contributed by atoms with Crippen molar-refractivity contribution in [2.75, 3.05) is 13.0 Å². The summed E-state index contributed by atoms with van der Waals surface area (Å²) < 4.78 is 4.90. The highest BCUT2D eigenvalue weighted by atomic mass is 35.5. The van der Waals surface area contributed by atoms with Gasteiger partial charge in [0.15, 0.2) is 9.76 Å². The van der Waals surface area contributed by atoms with Gasteiger partial charge in [-0.2, -0.15) is 0 Å². The summed E-state index contributed by atoms with van der Waals surface area (Å²) in [5.74, 6) is 0.717. The highest BCUT2D eigenvalue weighted by molar-refractivity contribution is 6.34. The molecule has 0 saturated heterocycles. The van der Waals surface area contributed by atoms with E-state index in [4.69, 9.17) is 16.0 Å². The van der Waals surface area contributed by atoms with Gasteiger partial charge in [0, 0.05) is 13.0 Å². The van der Waals surface area contributed by atoms with Gasteiger partial charge in [-0.1, -0.05) is 11.8 Å². The molecule has 0 bridgehead atoms. The number of hydrogen-bond acceptors (Lipinski definition) is 1. The molecule has 0 aliphatic carbocycles. The van der Waals surface area contributed by atoms with Gasteiger partial charge >= 0.3 is 0 Å². The first-order valence-corrected chi connectivity index (χ1v) is 4.54.